The molecule has 1 aliphatic rings. The van der Waals surface area contributed by atoms with Gasteiger partial charge in [-0.05, 0) is 29.9 Å². The Morgan fingerprint density at radius 1 is 0.966 bits per heavy atom. The Morgan fingerprint density at radius 3 is 2.21 bits per heavy atom. The molecule has 0 saturated carbocycles. The Balaban J connectivity index is 2.13. The van der Waals surface area contributed by atoms with Gasteiger partial charge in [0.15, 0.2) is 4.90 Å². The standard InChI is InChI=1S/C19H21N3O6S/c1-13-10-17(15-6-4-3-5-7-15)20(12-14(13)2)29(27,28)19-9-8-16(21(23)24)11-18(19)22(25)26/h3-9,11,13-14,17H,10,12H2,1-2H3. The number of nitro groups is 2. The van der Waals surface area contributed by atoms with Gasteiger partial charge in [0.25, 0.3) is 11.4 Å². The maximum atomic E-state index is 13.5. The van der Waals surface area contributed by atoms with E-state index in [1.165, 1.54) is 4.31 Å². The van der Waals surface area contributed by atoms with Crippen molar-refractivity contribution < 1.29 is 18.3 Å². The molecule has 1 heterocycles. The summed E-state index contributed by atoms with van der Waals surface area (Å²) in [6.07, 6.45) is 0.575. The SMILES string of the molecule is CC1CC(c2ccccc2)N(S(=O)(=O)c2ccc([N+](=O)[O-])cc2[N+](=O)[O-])CC1C. The van der Waals surface area contributed by atoms with Crippen LogP contribution < -0.4 is 0 Å². The van der Waals surface area contributed by atoms with Gasteiger partial charge in [-0.3, -0.25) is 20.2 Å². The van der Waals surface area contributed by atoms with Crippen molar-refractivity contribution in [3.05, 3.63) is 74.3 Å². The zero-order valence-electron chi connectivity index (χ0n) is 16.0. The molecule has 0 aromatic heterocycles. The van der Waals surface area contributed by atoms with Gasteiger partial charge < -0.3 is 0 Å². The molecule has 1 aliphatic heterocycles. The molecule has 9 nitrogen and oxygen atoms in total. The van der Waals surface area contributed by atoms with Gasteiger partial charge >= 0.3 is 0 Å². The number of nitrogens with zero attached hydrogens (tertiary/aromatic N) is 3. The molecule has 0 radical (unpaired) electrons. The zero-order chi connectivity index (χ0) is 21.3. The summed E-state index contributed by atoms with van der Waals surface area (Å²) < 4.78 is 28.3. The quantitative estimate of drug-likeness (QED) is 0.534. The highest BCUT2D eigenvalue weighted by atomic mass is 32.2. The minimum Gasteiger partial charge on any atom is -0.258 e. The van der Waals surface area contributed by atoms with Crippen molar-refractivity contribution in [3.8, 4) is 0 Å². The molecule has 0 bridgehead atoms. The summed E-state index contributed by atoms with van der Waals surface area (Å²) in [6.45, 7) is 4.20. The van der Waals surface area contributed by atoms with E-state index in [9.17, 15) is 28.6 Å². The lowest BCUT2D eigenvalue weighted by Crippen LogP contribution is -2.44. The Morgan fingerprint density at radius 2 is 1.62 bits per heavy atom. The average Bonchev–Trinajstić information content (AvgIpc) is 2.69. The summed E-state index contributed by atoms with van der Waals surface area (Å²) >= 11 is 0. The van der Waals surface area contributed by atoms with Crippen molar-refractivity contribution >= 4 is 21.4 Å². The molecule has 0 N–H and O–H groups in total. The Hall–Kier alpha value is -2.85. The summed E-state index contributed by atoms with van der Waals surface area (Å²) in [5.41, 5.74) is -0.521. The number of hydrogen-bond acceptors (Lipinski definition) is 6. The topological polar surface area (TPSA) is 124 Å². The van der Waals surface area contributed by atoms with Gasteiger partial charge in [-0.1, -0.05) is 44.2 Å². The van der Waals surface area contributed by atoms with E-state index in [2.05, 4.69) is 6.92 Å². The van der Waals surface area contributed by atoms with Gasteiger partial charge in [0.2, 0.25) is 10.0 Å². The van der Waals surface area contributed by atoms with Gasteiger partial charge in [0.1, 0.15) is 0 Å². The molecule has 154 valence electrons. The van der Waals surface area contributed by atoms with Gasteiger partial charge in [0, 0.05) is 12.6 Å². The molecular formula is C19H21N3O6S. The molecule has 10 heteroatoms. The largest absolute Gasteiger partial charge is 0.296 e. The van der Waals surface area contributed by atoms with E-state index in [1.807, 2.05) is 37.3 Å². The monoisotopic (exact) mass is 419 g/mol. The lowest BCUT2D eigenvalue weighted by atomic mass is 9.83. The molecule has 0 amide bonds. The van der Waals surface area contributed by atoms with Crippen LogP contribution in [0.2, 0.25) is 0 Å². The number of nitro benzene ring substituents is 2. The smallest absolute Gasteiger partial charge is 0.258 e. The number of benzene rings is 2. The number of sulfonamides is 1. The van der Waals surface area contributed by atoms with Crippen molar-refractivity contribution in [1.29, 1.82) is 0 Å². The number of piperidine rings is 1. The van der Waals surface area contributed by atoms with Crippen LogP contribution in [-0.2, 0) is 10.0 Å². The maximum absolute atomic E-state index is 13.5. The first kappa shape index (κ1) is 20.9. The van der Waals surface area contributed by atoms with Crippen molar-refractivity contribution in [2.24, 2.45) is 11.8 Å². The van der Waals surface area contributed by atoms with Crippen LogP contribution >= 0.6 is 0 Å². The minimum atomic E-state index is -4.26. The van der Waals surface area contributed by atoms with Crippen LogP contribution in [0.3, 0.4) is 0 Å². The third-order valence-corrected chi connectivity index (χ3v) is 7.43. The lowest BCUT2D eigenvalue weighted by molar-refractivity contribution is -0.396. The molecule has 1 fully saturated rings. The second-order valence-electron chi connectivity index (χ2n) is 7.36. The van der Waals surface area contributed by atoms with Crippen molar-refractivity contribution in [2.45, 2.75) is 31.2 Å². The van der Waals surface area contributed by atoms with Crippen molar-refractivity contribution in [1.82, 2.24) is 4.31 Å². The van der Waals surface area contributed by atoms with Crippen LogP contribution in [0.4, 0.5) is 11.4 Å². The Bertz CT molecular complexity index is 1040. The summed E-state index contributed by atoms with van der Waals surface area (Å²) in [6, 6.07) is 11.3. The average molecular weight is 419 g/mol. The lowest BCUT2D eigenvalue weighted by Gasteiger charge is -2.41. The molecule has 3 rings (SSSR count). The Kier molecular flexibility index (Phi) is 5.67. The minimum absolute atomic E-state index is 0.0573. The van der Waals surface area contributed by atoms with Crippen LogP contribution in [0.25, 0.3) is 0 Å². The molecule has 3 unspecified atom stereocenters. The fourth-order valence-electron chi connectivity index (χ4n) is 3.64. The van der Waals surface area contributed by atoms with Gasteiger partial charge in [-0.15, -0.1) is 0 Å². The molecular weight excluding hydrogens is 398 g/mol. The number of non-ortho nitro benzene ring substituents is 1. The van der Waals surface area contributed by atoms with Crippen LogP contribution in [-0.4, -0.2) is 29.1 Å². The normalized spacial score (nSPS) is 22.9. The second-order valence-corrected chi connectivity index (χ2v) is 9.22. The summed E-state index contributed by atoms with van der Waals surface area (Å²) in [7, 11) is -4.26. The van der Waals surface area contributed by atoms with E-state index < -0.39 is 42.2 Å². The van der Waals surface area contributed by atoms with Crippen molar-refractivity contribution in [2.75, 3.05) is 6.54 Å². The first-order chi connectivity index (χ1) is 13.6. The van der Waals surface area contributed by atoms with E-state index >= 15 is 0 Å². The van der Waals surface area contributed by atoms with Crippen LogP contribution in [0.1, 0.15) is 31.9 Å². The van der Waals surface area contributed by atoms with E-state index in [1.54, 1.807) is 0 Å². The molecule has 2 aromatic carbocycles. The van der Waals surface area contributed by atoms with E-state index in [4.69, 9.17) is 0 Å². The van der Waals surface area contributed by atoms with Gasteiger partial charge in [0.05, 0.1) is 22.0 Å². The molecule has 3 atom stereocenters. The highest BCUT2D eigenvalue weighted by Crippen LogP contribution is 2.42. The Labute approximate surface area is 168 Å². The van der Waals surface area contributed by atoms with Crippen LogP contribution in [0.5, 0.6) is 0 Å². The van der Waals surface area contributed by atoms with Gasteiger partial charge in [-0.2, -0.15) is 4.31 Å². The van der Waals surface area contributed by atoms with Gasteiger partial charge in [-0.25, -0.2) is 8.42 Å². The predicted molar refractivity (Wildman–Crippen MR) is 106 cm³/mol. The molecule has 29 heavy (non-hydrogen) atoms. The molecule has 0 aliphatic carbocycles. The zero-order valence-corrected chi connectivity index (χ0v) is 16.8. The third kappa shape index (κ3) is 3.99. The summed E-state index contributed by atoms with van der Waals surface area (Å²) in [5, 5.41) is 22.5. The first-order valence-electron chi connectivity index (χ1n) is 9.12. The number of rotatable bonds is 5. The van der Waals surface area contributed by atoms with E-state index in [-0.39, 0.29) is 18.4 Å². The molecule has 0 spiro atoms. The van der Waals surface area contributed by atoms with Crippen LogP contribution in [0, 0.1) is 32.1 Å². The summed E-state index contributed by atoms with van der Waals surface area (Å²) in [4.78, 5) is 20.3. The molecule has 2 aromatic rings. The van der Waals surface area contributed by atoms with E-state index in [0.29, 0.717) is 12.5 Å². The van der Waals surface area contributed by atoms with Crippen LogP contribution in [0.15, 0.2) is 53.4 Å². The second kappa shape index (κ2) is 7.88. The maximum Gasteiger partial charge on any atom is 0.296 e. The molecule has 1 saturated heterocycles. The highest BCUT2D eigenvalue weighted by molar-refractivity contribution is 7.89. The third-order valence-electron chi connectivity index (χ3n) is 5.50. The fraction of sp³-hybridized carbons (Fsp3) is 0.368. The van der Waals surface area contributed by atoms with Crippen molar-refractivity contribution in [3.63, 3.8) is 0 Å². The first-order valence-corrected chi connectivity index (χ1v) is 10.6. The van der Waals surface area contributed by atoms with E-state index in [0.717, 1.165) is 17.7 Å². The number of hydrogen-bond donors (Lipinski definition) is 0. The fourth-order valence-corrected chi connectivity index (χ4v) is 5.51. The highest BCUT2D eigenvalue weighted by Gasteiger charge is 2.42. The summed E-state index contributed by atoms with van der Waals surface area (Å²) in [5.74, 6) is 0.320. The predicted octanol–water partition coefficient (Wildman–Crippen LogP) is 3.91.